The molecule has 162 valence electrons. The molecule has 2 amide bonds. The number of carbonyl (C=O) groups excluding carboxylic acids is 2. The number of anilines is 1. The molecule has 2 N–H and O–H groups in total. The molecule has 2 heterocycles. The van der Waals surface area contributed by atoms with Gasteiger partial charge in [0.25, 0.3) is 6.20 Å². The summed E-state index contributed by atoms with van der Waals surface area (Å²) >= 11 is 0. The highest BCUT2D eigenvalue weighted by Crippen LogP contribution is 2.17. The van der Waals surface area contributed by atoms with Crippen molar-refractivity contribution < 1.29 is 14.5 Å². The first-order valence-electron chi connectivity index (χ1n) is 10.4. The predicted molar refractivity (Wildman–Crippen MR) is 113 cm³/mol. The Labute approximate surface area is 176 Å². The van der Waals surface area contributed by atoms with Crippen LogP contribution in [0.15, 0.2) is 36.3 Å². The Morgan fingerprint density at radius 2 is 1.83 bits per heavy atom. The normalized spacial score (nSPS) is 20.1. The Balaban J connectivity index is 1.69. The molecule has 0 unspecified atom stereocenters. The minimum absolute atomic E-state index is 0.0275. The largest absolute Gasteiger partial charge is 0.355 e. The maximum atomic E-state index is 13.1. The van der Waals surface area contributed by atoms with Crippen molar-refractivity contribution in [2.45, 2.75) is 45.1 Å². The van der Waals surface area contributed by atoms with Crippen LogP contribution < -0.4 is 10.6 Å². The highest BCUT2D eigenvalue weighted by Gasteiger charge is 2.30. The molecule has 0 radical (unpaired) electrons. The van der Waals surface area contributed by atoms with Crippen molar-refractivity contribution in [2.24, 2.45) is 0 Å². The second-order valence-electron chi connectivity index (χ2n) is 7.86. The topological polar surface area (TPSA) is 108 Å². The van der Waals surface area contributed by atoms with Gasteiger partial charge in [0.15, 0.2) is 5.82 Å². The zero-order valence-corrected chi connectivity index (χ0v) is 17.3. The molecule has 2 aliphatic heterocycles. The second-order valence-corrected chi connectivity index (χ2v) is 7.86. The number of nitrogens with one attached hydrogen (secondary N) is 2. The number of nitro groups is 1. The fourth-order valence-electron chi connectivity index (χ4n) is 3.82. The lowest BCUT2D eigenvalue weighted by Crippen LogP contribution is -2.49. The van der Waals surface area contributed by atoms with Crippen LogP contribution in [-0.2, 0) is 9.59 Å². The van der Waals surface area contributed by atoms with Crippen LogP contribution in [0.3, 0.4) is 0 Å². The number of carbonyl (C=O) groups is 2. The SMILES string of the molecule is Cc1ccc(N/C(=C\[N+](=O)[O-])N[C@H]2CCCCN(CC(=O)N3CCCC3)C2=O)cc1. The van der Waals surface area contributed by atoms with Crippen LogP contribution in [0.1, 0.15) is 37.7 Å². The zero-order chi connectivity index (χ0) is 21.5. The van der Waals surface area contributed by atoms with E-state index in [0.29, 0.717) is 18.7 Å². The van der Waals surface area contributed by atoms with Gasteiger partial charge in [0, 0.05) is 25.3 Å². The number of aryl methyl sites for hydroxylation is 1. The highest BCUT2D eigenvalue weighted by molar-refractivity contribution is 5.88. The molecule has 2 saturated heterocycles. The molecule has 0 aliphatic carbocycles. The lowest BCUT2D eigenvalue weighted by atomic mass is 10.1. The lowest BCUT2D eigenvalue weighted by Gasteiger charge is -2.27. The van der Waals surface area contributed by atoms with Gasteiger partial charge in [-0.2, -0.15) is 0 Å². The van der Waals surface area contributed by atoms with E-state index in [0.717, 1.165) is 50.5 Å². The van der Waals surface area contributed by atoms with E-state index in [9.17, 15) is 19.7 Å². The third-order valence-corrected chi connectivity index (χ3v) is 5.46. The lowest BCUT2D eigenvalue weighted by molar-refractivity contribution is -0.403. The van der Waals surface area contributed by atoms with E-state index in [1.807, 2.05) is 31.2 Å². The van der Waals surface area contributed by atoms with Gasteiger partial charge in [-0.15, -0.1) is 0 Å². The van der Waals surface area contributed by atoms with E-state index in [1.165, 1.54) is 0 Å². The van der Waals surface area contributed by atoms with E-state index in [2.05, 4.69) is 10.6 Å². The number of hydrogen-bond donors (Lipinski definition) is 2. The number of benzene rings is 1. The average molecular weight is 415 g/mol. The molecule has 3 rings (SSSR count). The van der Waals surface area contributed by atoms with Crippen molar-refractivity contribution >= 4 is 17.5 Å². The first-order valence-corrected chi connectivity index (χ1v) is 10.4. The monoisotopic (exact) mass is 415 g/mol. The second kappa shape index (κ2) is 10.1. The number of hydrogen-bond acceptors (Lipinski definition) is 6. The van der Waals surface area contributed by atoms with Crippen LogP contribution in [0.2, 0.25) is 0 Å². The van der Waals surface area contributed by atoms with E-state index >= 15 is 0 Å². The quantitative estimate of drug-likeness (QED) is 0.521. The molecule has 1 atom stereocenters. The summed E-state index contributed by atoms with van der Waals surface area (Å²) in [5.74, 6) is -0.0738. The molecule has 9 nitrogen and oxygen atoms in total. The summed E-state index contributed by atoms with van der Waals surface area (Å²) in [6, 6.07) is 6.81. The van der Waals surface area contributed by atoms with Crippen molar-refractivity contribution in [1.82, 2.24) is 15.1 Å². The Kier molecular flexibility index (Phi) is 7.26. The van der Waals surface area contributed by atoms with Gasteiger partial charge in [-0.3, -0.25) is 19.7 Å². The van der Waals surface area contributed by atoms with Crippen molar-refractivity contribution in [3.63, 3.8) is 0 Å². The molecule has 1 aromatic carbocycles. The third-order valence-electron chi connectivity index (χ3n) is 5.46. The fraction of sp³-hybridized carbons (Fsp3) is 0.524. The van der Waals surface area contributed by atoms with Crippen molar-refractivity contribution in [3.05, 3.63) is 52.0 Å². The number of rotatable bonds is 7. The van der Waals surface area contributed by atoms with Gasteiger partial charge in [-0.1, -0.05) is 17.7 Å². The summed E-state index contributed by atoms with van der Waals surface area (Å²) in [6.07, 6.45) is 4.99. The molecule has 0 spiro atoms. The molecule has 1 aromatic rings. The summed E-state index contributed by atoms with van der Waals surface area (Å²) in [4.78, 5) is 39.5. The molecule has 0 bridgehead atoms. The summed E-state index contributed by atoms with van der Waals surface area (Å²) in [6.45, 7) is 4.04. The average Bonchev–Trinajstić information content (AvgIpc) is 3.19. The third kappa shape index (κ3) is 5.95. The minimum atomic E-state index is -0.622. The molecule has 2 fully saturated rings. The van der Waals surface area contributed by atoms with E-state index in [-0.39, 0.29) is 24.2 Å². The molecule has 9 heteroatoms. The van der Waals surface area contributed by atoms with Crippen LogP contribution in [-0.4, -0.2) is 58.8 Å². The van der Waals surface area contributed by atoms with E-state index in [4.69, 9.17) is 0 Å². The smallest absolute Gasteiger partial charge is 0.274 e. The Bertz CT molecular complexity index is 802. The standard InChI is InChI=1S/C21H29N5O4/c1-16-7-9-17(10-8-16)22-19(14-26(29)30)23-18-6-2-3-13-25(21(18)28)15-20(27)24-11-4-5-12-24/h7-10,14,18,22-23H,2-6,11-13,15H2,1H3/b19-14+/t18-/m0/s1. The van der Waals surface area contributed by atoms with Gasteiger partial charge >= 0.3 is 0 Å². The fourth-order valence-corrected chi connectivity index (χ4v) is 3.82. The summed E-state index contributed by atoms with van der Waals surface area (Å²) in [5.41, 5.74) is 1.76. The molecule has 30 heavy (non-hydrogen) atoms. The van der Waals surface area contributed by atoms with E-state index in [1.54, 1.807) is 9.80 Å². The van der Waals surface area contributed by atoms with Gasteiger partial charge in [0.1, 0.15) is 6.04 Å². The van der Waals surface area contributed by atoms with Gasteiger partial charge in [0.05, 0.1) is 11.5 Å². The number of nitrogens with zero attached hydrogens (tertiary/aromatic N) is 3. The Morgan fingerprint density at radius 3 is 2.50 bits per heavy atom. The first kappa shape index (κ1) is 21.6. The predicted octanol–water partition coefficient (Wildman–Crippen LogP) is 2.08. The van der Waals surface area contributed by atoms with Crippen molar-refractivity contribution in [2.75, 3.05) is 31.5 Å². The Hall–Kier alpha value is -3.10. The van der Waals surface area contributed by atoms with Crippen molar-refractivity contribution in [3.8, 4) is 0 Å². The maximum absolute atomic E-state index is 13.1. The van der Waals surface area contributed by atoms with Gasteiger partial charge in [0.2, 0.25) is 11.8 Å². The molecule has 0 aromatic heterocycles. The molecule has 2 aliphatic rings. The summed E-state index contributed by atoms with van der Waals surface area (Å²) in [7, 11) is 0. The van der Waals surface area contributed by atoms with E-state index < -0.39 is 11.0 Å². The molecule has 0 saturated carbocycles. The Morgan fingerprint density at radius 1 is 1.17 bits per heavy atom. The van der Waals surface area contributed by atoms with Crippen LogP contribution in [0.5, 0.6) is 0 Å². The van der Waals surface area contributed by atoms with Crippen LogP contribution in [0.4, 0.5) is 5.69 Å². The van der Waals surface area contributed by atoms with Gasteiger partial charge in [-0.25, -0.2) is 0 Å². The van der Waals surface area contributed by atoms with Crippen LogP contribution in [0, 0.1) is 17.0 Å². The van der Waals surface area contributed by atoms with Crippen LogP contribution >= 0.6 is 0 Å². The van der Waals surface area contributed by atoms with Gasteiger partial charge < -0.3 is 20.4 Å². The zero-order valence-electron chi connectivity index (χ0n) is 17.3. The molecular weight excluding hydrogens is 386 g/mol. The number of likely N-dealkylation sites (tertiary alicyclic amines) is 2. The number of amides is 2. The molecular formula is C21H29N5O4. The first-order chi connectivity index (χ1) is 14.4. The summed E-state index contributed by atoms with van der Waals surface area (Å²) < 4.78 is 0. The minimum Gasteiger partial charge on any atom is -0.355 e. The maximum Gasteiger partial charge on any atom is 0.274 e. The van der Waals surface area contributed by atoms with Gasteiger partial charge in [-0.05, 0) is 51.2 Å². The summed E-state index contributed by atoms with van der Waals surface area (Å²) in [5, 5.41) is 17.1. The van der Waals surface area contributed by atoms with Crippen molar-refractivity contribution in [1.29, 1.82) is 0 Å². The van der Waals surface area contributed by atoms with Crippen LogP contribution in [0.25, 0.3) is 0 Å². The highest BCUT2D eigenvalue weighted by atomic mass is 16.6.